The molecule has 0 aromatic rings. The van der Waals surface area contributed by atoms with E-state index in [2.05, 4.69) is 25.8 Å². The molecule has 0 saturated carbocycles. The first-order valence-electron chi connectivity index (χ1n) is 5.81. The van der Waals surface area contributed by atoms with Crippen LogP contribution in [-0.4, -0.2) is 30.8 Å². The number of hydrogen-bond acceptors (Lipinski definition) is 2. The second-order valence-electron chi connectivity index (χ2n) is 4.98. The number of rotatable bonds is 4. The number of likely N-dealkylation sites (tertiary alicyclic amines) is 1. The van der Waals surface area contributed by atoms with Crippen molar-refractivity contribution >= 4 is 5.78 Å². The molecule has 1 heterocycles. The van der Waals surface area contributed by atoms with E-state index >= 15 is 0 Å². The second kappa shape index (κ2) is 5.50. The molecule has 2 nitrogen and oxygen atoms in total. The molecular formula is C12H23NO. The number of piperidine rings is 1. The van der Waals surface area contributed by atoms with E-state index < -0.39 is 0 Å². The molecular weight excluding hydrogens is 174 g/mol. The van der Waals surface area contributed by atoms with Crippen molar-refractivity contribution in [3.63, 3.8) is 0 Å². The predicted octanol–water partition coefficient (Wildman–Crippen LogP) is 2.33. The zero-order chi connectivity index (χ0) is 10.6. The molecule has 0 spiro atoms. The Morgan fingerprint density at radius 3 is 2.43 bits per heavy atom. The number of ketones is 1. The summed E-state index contributed by atoms with van der Waals surface area (Å²) in [6.45, 7) is 6.56. The number of hydrogen-bond donors (Lipinski definition) is 0. The van der Waals surface area contributed by atoms with Crippen LogP contribution in [0.1, 0.15) is 39.5 Å². The molecule has 14 heavy (non-hydrogen) atoms. The maximum absolute atomic E-state index is 11.8. The van der Waals surface area contributed by atoms with E-state index in [-0.39, 0.29) is 0 Å². The molecule has 1 rings (SSSR count). The van der Waals surface area contributed by atoms with Crippen LogP contribution in [0.2, 0.25) is 0 Å². The van der Waals surface area contributed by atoms with Crippen molar-refractivity contribution in [1.82, 2.24) is 4.90 Å². The summed E-state index contributed by atoms with van der Waals surface area (Å²) < 4.78 is 0. The minimum Gasteiger partial charge on any atom is -0.306 e. The molecule has 0 aliphatic carbocycles. The maximum Gasteiger partial charge on any atom is 0.136 e. The Kier molecular flexibility index (Phi) is 4.59. The van der Waals surface area contributed by atoms with E-state index in [9.17, 15) is 4.79 Å². The fourth-order valence-corrected chi connectivity index (χ4v) is 1.97. The molecule has 0 aromatic carbocycles. The van der Waals surface area contributed by atoms with Crippen LogP contribution in [0.4, 0.5) is 0 Å². The van der Waals surface area contributed by atoms with Gasteiger partial charge in [-0.15, -0.1) is 0 Å². The van der Waals surface area contributed by atoms with Crippen molar-refractivity contribution in [3.8, 4) is 0 Å². The molecule has 0 bridgehead atoms. The topological polar surface area (TPSA) is 20.3 Å². The SMILES string of the molecule is CC(C)CCC(=O)C1CCN(C)CC1. The van der Waals surface area contributed by atoms with Crippen LogP contribution < -0.4 is 0 Å². The highest BCUT2D eigenvalue weighted by atomic mass is 16.1. The van der Waals surface area contributed by atoms with Gasteiger partial charge in [0.15, 0.2) is 0 Å². The zero-order valence-electron chi connectivity index (χ0n) is 9.75. The Morgan fingerprint density at radius 2 is 1.93 bits per heavy atom. The molecule has 2 heteroatoms. The molecule has 0 radical (unpaired) electrons. The summed E-state index contributed by atoms with van der Waals surface area (Å²) in [6.07, 6.45) is 4.01. The third-order valence-corrected chi connectivity index (χ3v) is 3.14. The normalized spacial score (nSPS) is 20.3. The van der Waals surface area contributed by atoms with Crippen LogP contribution in [0.3, 0.4) is 0 Å². The third kappa shape index (κ3) is 3.79. The van der Waals surface area contributed by atoms with Crippen LogP contribution in [0.5, 0.6) is 0 Å². The predicted molar refractivity (Wildman–Crippen MR) is 59.3 cm³/mol. The van der Waals surface area contributed by atoms with Gasteiger partial charge in [-0.25, -0.2) is 0 Å². The molecule has 1 fully saturated rings. The van der Waals surface area contributed by atoms with E-state index in [0.29, 0.717) is 17.6 Å². The monoisotopic (exact) mass is 197 g/mol. The second-order valence-corrected chi connectivity index (χ2v) is 4.98. The largest absolute Gasteiger partial charge is 0.306 e. The number of nitrogens with zero attached hydrogens (tertiary/aromatic N) is 1. The van der Waals surface area contributed by atoms with Crippen molar-refractivity contribution in [2.24, 2.45) is 11.8 Å². The summed E-state index contributed by atoms with van der Waals surface area (Å²) in [6, 6.07) is 0. The van der Waals surface area contributed by atoms with E-state index in [1.165, 1.54) is 0 Å². The number of Topliss-reactive ketones (excluding diaryl/α,β-unsaturated/α-hetero) is 1. The minimum absolute atomic E-state index is 0.366. The molecule has 0 atom stereocenters. The summed E-state index contributed by atoms with van der Waals surface area (Å²) in [5.41, 5.74) is 0. The highest BCUT2D eigenvalue weighted by Crippen LogP contribution is 2.19. The van der Waals surface area contributed by atoms with Crippen LogP contribution in [-0.2, 0) is 4.79 Å². The highest BCUT2D eigenvalue weighted by Gasteiger charge is 2.22. The number of carbonyl (C=O) groups excluding carboxylic acids is 1. The summed E-state index contributed by atoms with van der Waals surface area (Å²) >= 11 is 0. The zero-order valence-corrected chi connectivity index (χ0v) is 9.75. The quantitative estimate of drug-likeness (QED) is 0.689. The van der Waals surface area contributed by atoms with E-state index in [0.717, 1.165) is 38.8 Å². The van der Waals surface area contributed by atoms with Gasteiger partial charge >= 0.3 is 0 Å². The first kappa shape index (κ1) is 11.7. The lowest BCUT2D eigenvalue weighted by atomic mass is 9.89. The molecule has 1 aliphatic heterocycles. The summed E-state index contributed by atoms with van der Waals surface area (Å²) in [4.78, 5) is 14.1. The van der Waals surface area contributed by atoms with Gasteiger partial charge in [-0.2, -0.15) is 0 Å². The van der Waals surface area contributed by atoms with Gasteiger partial charge in [0.05, 0.1) is 0 Å². The lowest BCUT2D eigenvalue weighted by molar-refractivity contribution is -0.124. The van der Waals surface area contributed by atoms with Crippen molar-refractivity contribution in [1.29, 1.82) is 0 Å². The fraction of sp³-hybridized carbons (Fsp3) is 0.917. The van der Waals surface area contributed by atoms with E-state index in [1.807, 2.05) is 0 Å². The average molecular weight is 197 g/mol. The van der Waals surface area contributed by atoms with Gasteiger partial charge in [-0.3, -0.25) is 4.79 Å². The van der Waals surface area contributed by atoms with Gasteiger partial charge in [-0.05, 0) is 45.3 Å². The molecule has 82 valence electrons. The fourth-order valence-electron chi connectivity index (χ4n) is 1.97. The Hall–Kier alpha value is -0.370. The lowest BCUT2D eigenvalue weighted by Gasteiger charge is -2.28. The highest BCUT2D eigenvalue weighted by molar-refractivity contribution is 5.81. The van der Waals surface area contributed by atoms with Gasteiger partial charge in [-0.1, -0.05) is 13.8 Å². The van der Waals surface area contributed by atoms with E-state index in [1.54, 1.807) is 0 Å². The molecule has 0 amide bonds. The van der Waals surface area contributed by atoms with Gasteiger partial charge in [0.1, 0.15) is 5.78 Å². The van der Waals surface area contributed by atoms with Gasteiger partial charge in [0.25, 0.3) is 0 Å². The van der Waals surface area contributed by atoms with Crippen LogP contribution in [0.25, 0.3) is 0 Å². The Bertz CT molecular complexity index is 181. The van der Waals surface area contributed by atoms with Gasteiger partial charge in [0.2, 0.25) is 0 Å². The number of carbonyl (C=O) groups is 1. The first-order chi connectivity index (χ1) is 6.59. The summed E-state index contributed by atoms with van der Waals surface area (Å²) in [7, 11) is 2.13. The molecule has 1 saturated heterocycles. The Balaban J connectivity index is 2.24. The standard InChI is InChI=1S/C12H23NO/c1-10(2)4-5-12(14)11-6-8-13(3)9-7-11/h10-11H,4-9H2,1-3H3. The lowest BCUT2D eigenvalue weighted by Crippen LogP contribution is -2.33. The Labute approximate surface area is 87.7 Å². The molecule has 0 unspecified atom stereocenters. The maximum atomic E-state index is 11.8. The van der Waals surface area contributed by atoms with Crippen LogP contribution in [0, 0.1) is 11.8 Å². The molecule has 1 aliphatic rings. The Morgan fingerprint density at radius 1 is 1.36 bits per heavy atom. The first-order valence-corrected chi connectivity index (χ1v) is 5.81. The van der Waals surface area contributed by atoms with Gasteiger partial charge in [0, 0.05) is 12.3 Å². The van der Waals surface area contributed by atoms with Crippen molar-refractivity contribution < 1.29 is 4.79 Å². The molecule has 0 N–H and O–H groups in total. The third-order valence-electron chi connectivity index (χ3n) is 3.14. The molecule has 0 aromatic heterocycles. The van der Waals surface area contributed by atoms with E-state index in [4.69, 9.17) is 0 Å². The summed E-state index contributed by atoms with van der Waals surface area (Å²) in [5.74, 6) is 1.53. The smallest absolute Gasteiger partial charge is 0.136 e. The van der Waals surface area contributed by atoms with Crippen LogP contribution >= 0.6 is 0 Å². The average Bonchev–Trinajstić information content (AvgIpc) is 2.15. The van der Waals surface area contributed by atoms with Crippen molar-refractivity contribution in [2.75, 3.05) is 20.1 Å². The van der Waals surface area contributed by atoms with Crippen molar-refractivity contribution in [2.45, 2.75) is 39.5 Å². The minimum atomic E-state index is 0.366. The van der Waals surface area contributed by atoms with Crippen molar-refractivity contribution in [3.05, 3.63) is 0 Å². The summed E-state index contributed by atoms with van der Waals surface area (Å²) in [5, 5.41) is 0. The van der Waals surface area contributed by atoms with Crippen LogP contribution in [0.15, 0.2) is 0 Å². The van der Waals surface area contributed by atoms with Gasteiger partial charge < -0.3 is 4.90 Å².